The number of nitrogens with one attached hydrogen (secondary N) is 2. The van der Waals surface area contributed by atoms with Crippen LogP contribution in [0.2, 0.25) is 0 Å². The van der Waals surface area contributed by atoms with Gasteiger partial charge in [0, 0.05) is 4.47 Å². The number of anilines is 1. The molecule has 0 aliphatic carbocycles. The number of hydrogen-bond acceptors (Lipinski definition) is 4. The van der Waals surface area contributed by atoms with Crippen molar-refractivity contribution in [3.05, 3.63) is 46.1 Å². The van der Waals surface area contributed by atoms with E-state index >= 15 is 0 Å². The van der Waals surface area contributed by atoms with E-state index in [-0.39, 0.29) is 5.09 Å². The van der Waals surface area contributed by atoms with Gasteiger partial charge < -0.3 is 9.73 Å². The van der Waals surface area contributed by atoms with Gasteiger partial charge in [-0.2, -0.15) is 8.42 Å². The molecular formula is C14H17BrN2O3S. The first kappa shape index (κ1) is 16.1. The van der Waals surface area contributed by atoms with Crippen LogP contribution >= 0.6 is 15.9 Å². The summed E-state index contributed by atoms with van der Waals surface area (Å²) in [5.74, 6) is 0.588. The molecule has 7 heteroatoms. The molecule has 0 atom stereocenters. The SMILES string of the molecule is CCNCc1ccc(S(=O)(=O)Nc2ccc(Br)cc2C)o1. The molecule has 1 aromatic carbocycles. The third-order valence-corrected chi connectivity index (χ3v) is 4.61. The van der Waals surface area contributed by atoms with Crippen molar-refractivity contribution in [1.82, 2.24) is 5.32 Å². The quantitative estimate of drug-likeness (QED) is 0.816. The molecule has 0 fully saturated rings. The Balaban J connectivity index is 2.19. The minimum atomic E-state index is -3.71. The highest BCUT2D eigenvalue weighted by Crippen LogP contribution is 2.23. The first-order valence-electron chi connectivity index (χ1n) is 6.51. The average Bonchev–Trinajstić information content (AvgIpc) is 2.89. The molecule has 1 heterocycles. The van der Waals surface area contributed by atoms with Crippen molar-refractivity contribution >= 4 is 31.6 Å². The summed E-state index contributed by atoms with van der Waals surface area (Å²) in [7, 11) is -3.71. The van der Waals surface area contributed by atoms with E-state index < -0.39 is 10.0 Å². The Morgan fingerprint density at radius 1 is 1.24 bits per heavy atom. The van der Waals surface area contributed by atoms with Crippen molar-refractivity contribution in [2.75, 3.05) is 11.3 Å². The lowest BCUT2D eigenvalue weighted by Gasteiger charge is -2.09. The predicted octanol–water partition coefficient (Wildman–Crippen LogP) is 3.26. The summed E-state index contributed by atoms with van der Waals surface area (Å²) in [4.78, 5) is 0. The molecule has 114 valence electrons. The third-order valence-electron chi connectivity index (χ3n) is 2.88. The number of sulfonamides is 1. The fraction of sp³-hybridized carbons (Fsp3) is 0.286. The summed E-state index contributed by atoms with van der Waals surface area (Å²) in [6.45, 7) is 5.10. The van der Waals surface area contributed by atoms with Gasteiger partial charge in [0.2, 0.25) is 5.09 Å². The molecular weight excluding hydrogens is 356 g/mol. The maximum Gasteiger partial charge on any atom is 0.295 e. The molecule has 0 amide bonds. The Labute approximate surface area is 132 Å². The highest BCUT2D eigenvalue weighted by Gasteiger charge is 2.19. The minimum Gasteiger partial charge on any atom is -0.446 e. The highest BCUT2D eigenvalue weighted by atomic mass is 79.9. The van der Waals surface area contributed by atoms with Crippen molar-refractivity contribution in [3.8, 4) is 0 Å². The van der Waals surface area contributed by atoms with Crippen LogP contribution in [-0.2, 0) is 16.6 Å². The van der Waals surface area contributed by atoms with E-state index in [1.165, 1.54) is 6.07 Å². The molecule has 0 saturated carbocycles. The Hall–Kier alpha value is -1.31. The van der Waals surface area contributed by atoms with Gasteiger partial charge in [-0.3, -0.25) is 4.72 Å². The number of hydrogen-bond donors (Lipinski definition) is 2. The van der Waals surface area contributed by atoms with Gasteiger partial charge in [-0.05, 0) is 49.4 Å². The monoisotopic (exact) mass is 372 g/mol. The van der Waals surface area contributed by atoms with Crippen LogP contribution in [-0.4, -0.2) is 15.0 Å². The molecule has 0 bridgehead atoms. The summed E-state index contributed by atoms with van der Waals surface area (Å²) in [6, 6.07) is 8.45. The standard InChI is InChI=1S/C14H17BrN2O3S/c1-3-16-9-12-5-7-14(20-12)21(18,19)17-13-6-4-11(15)8-10(13)2/h4-8,16-17H,3,9H2,1-2H3. The second-order valence-electron chi connectivity index (χ2n) is 4.57. The van der Waals surface area contributed by atoms with Crippen molar-refractivity contribution in [2.45, 2.75) is 25.5 Å². The zero-order valence-electron chi connectivity index (χ0n) is 11.8. The lowest BCUT2D eigenvalue weighted by Crippen LogP contribution is -2.13. The van der Waals surface area contributed by atoms with Crippen molar-refractivity contribution in [1.29, 1.82) is 0 Å². The number of halogens is 1. The largest absolute Gasteiger partial charge is 0.446 e. The van der Waals surface area contributed by atoms with Crippen LogP contribution in [0.1, 0.15) is 18.2 Å². The van der Waals surface area contributed by atoms with E-state index in [1.807, 2.05) is 19.9 Å². The van der Waals surface area contributed by atoms with E-state index in [0.717, 1.165) is 16.6 Å². The fourth-order valence-electron chi connectivity index (χ4n) is 1.78. The summed E-state index contributed by atoms with van der Waals surface area (Å²) < 4.78 is 33.4. The van der Waals surface area contributed by atoms with E-state index in [1.54, 1.807) is 18.2 Å². The van der Waals surface area contributed by atoms with Gasteiger partial charge in [-0.25, -0.2) is 0 Å². The van der Waals surface area contributed by atoms with Crippen molar-refractivity contribution in [2.24, 2.45) is 0 Å². The molecule has 0 aliphatic heterocycles. The lowest BCUT2D eigenvalue weighted by molar-refractivity contribution is 0.405. The molecule has 2 aromatic rings. The second-order valence-corrected chi connectivity index (χ2v) is 7.09. The maximum absolute atomic E-state index is 12.3. The molecule has 0 unspecified atom stereocenters. The molecule has 2 N–H and O–H groups in total. The number of furan rings is 1. The van der Waals surface area contributed by atoms with Crippen LogP contribution in [0.5, 0.6) is 0 Å². The highest BCUT2D eigenvalue weighted by molar-refractivity contribution is 9.10. The first-order valence-corrected chi connectivity index (χ1v) is 8.78. The molecule has 2 rings (SSSR count). The molecule has 0 spiro atoms. The molecule has 0 aliphatic rings. The van der Waals surface area contributed by atoms with E-state index in [2.05, 4.69) is 26.0 Å². The van der Waals surface area contributed by atoms with E-state index in [0.29, 0.717) is 18.0 Å². The van der Waals surface area contributed by atoms with Gasteiger partial charge in [0.15, 0.2) is 0 Å². The Bertz CT molecular complexity index is 726. The van der Waals surface area contributed by atoms with Gasteiger partial charge in [0.05, 0.1) is 12.2 Å². The Kier molecular flexibility index (Phi) is 5.08. The predicted molar refractivity (Wildman–Crippen MR) is 85.8 cm³/mol. The van der Waals surface area contributed by atoms with Crippen LogP contribution in [0.3, 0.4) is 0 Å². The van der Waals surface area contributed by atoms with Gasteiger partial charge in [0.25, 0.3) is 10.0 Å². The summed E-state index contributed by atoms with van der Waals surface area (Å²) in [5.41, 5.74) is 1.36. The fourth-order valence-corrected chi connectivity index (χ4v) is 3.34. The van der Waals surface area contributed by atoms with Crippen LogP contribution in [0, 0.1) is 6.92 Å². The molecule has 21 heavy (non-hydrogen) atoms. The van der Waals surface area contributed by atoms with Crippen LogP contribution in [0.15, 0.2) is 44.3 Å². The Morgan fingerprint density at radius 2 is 2.00 bits per heavy atom. The topological polar surface area (TPSA) is 71.3 Å². The smallest absolute Gasteiger partial charge is 0.295 e. The molecule has 5 nitrogen and oxygen atoms in total. The van der Waals surface area contributed by atoms with Gasteiger partial charge in [-0.15, -0.1) is 0 Å². The minimum absolute atomic E-state index is 0.0854. The van der Waals surface area contributed by atoms with Crippen LogP contribution in [0.25, 0.3) is 0 Å². The maximum atomic E-state index is 12.3. The van der Waals surface area contributed by atoms with E-state index in [9.17, 15) is 8.42 Å². The summed E-state index contributed by atoms with van der Waals surface area (Å²) in [6.07, 6.45) is 0. The van der Waals surface area contributed by atoms with Crippen LogP contribution < -0.4 is 10.0 Å². The number of aryl methyl sites for hydroxylation is 1. The number of benzene rings is 1. The average molecular weight is 373 g/mol. The normalized spacial score (nSPS) is 11.6. The van der Waals surface area contributed by atoms with E-state index in [4.69, 9.17) is 4.42 Å². The van der Waals surface area contributed by atoms with Gasteiger partial charge in [0.1, 0.15) is 5.76 Å². The first-order chi connectivity index (χ1) is 9.92. The molecule has 0 saturated heterocycles. The van der Waals surface area contributed by atoms with Gasteiger partial charge >= 0.3 is 0 Å². The molecule has 0 radical (unpaired) electrons. The third kappa shape index (κ3) is 4.09. The number of rotatable bonds is 6. The second kappa shape index (κ2) is 6.64. The van der Waals surface area contributed by atoms with Crippen molar-refractivity contribution in [3.63, 3.8) is 0 Å². The van der Waals surface area contributed by atoms with Crippen LogP contribution in [0.4, 0.5) is 5.69 Å². The molecule has 1 aromatic heterocycles. The Morgan fingerprint density at radius 3 is 2.67 bits per heavy atom. The zero-order chi connectivity index (χ0) is 15.5. The lowest BCUT2D eigenvalue weighted by atomic mass is 10.2. The summed E-state index contributed by atoms with van der Waals surface area (Å²) >= 11 is 3.35. The van der Waals surface area contributed by atoms with Gasteiger partial charge in [-0.1, -0.05) is 22.9 Å². The zero-order valence-corrected chi connectivity index (χ0v) is 14.2. The van der Waals surface area contributed by atoms with Crippen molar-refractivity contribution < 1.29 is 12.8 Å². The summed E-state index contributed by atoms with van der Waals surface area (Å²) in [5, 5.41) is 2.99.